The zero-order valence-corrected chi connectivity index (χ0v) is 11.3. The van der Waals surface area contributed by atoms with Gasteiger partial charge in [0.2, 0.25) is 0 Å². The molecule has 0 bridgehead atoms. The molecule has 0 amide bonds. The molecule has 0 aliphatic heterocycles. The standard InChI is InChI=1S/C12H25NO4/c1-10(2)9-11(12(14)16-4)13-5-6-17-8-7-15-3/h10-11,13H,5-9H2,1-4H3. The Morgan fingerprint density at radius 1 is 1.18 bits per heavy atom. The number of carbonyl (C=O) groups is 1. The Bertz CT molecular complexity index is 197. The van der Waals surface area contributed by atoms with E-state index in [1.807, 2.05) is 0 Å². The van der Waals surface area contributed by atoms with Crippen LogP contribution >= 0.6 is 0 Å². The van der Waals surface area contributed by atoms with Crippen LogP contribution in [0.2, 0.25) is 0 Å². The van der Waals surface area contributed by atoms with Crippen molar-refractivity contribution in [3.8, 4) is 0 Å². The van der Waals surface area contributed by atoms with E-state index in [1.54, 1.807) is 7.11 Å². The van der Waals surface area contributed by atoms with Crippen molar-refractivity contribution in [2.75, 3.05) is 40.6 Å². The average Bonchev–Trinajstić information content (AvgIpc) is 2.30. The molecule has 0 heterocycles. The number of nitrogens with one attached hydrogen (secondary N) is 1. The molecule has 1 atom stereocenters. The second kappa shape index (κ2) is 10.5. The topological polar surface area (TPSA) is 56.8 Å². The van der Waals surface area contributed by atoms with Crippen molar-refractivity contribution >= 4 is 5.97 Å². The normalized spacial score (nSPS) is 12.8. The largest absolute Gasteiger partial charge is 0.468 e. The third-order valence-corrected chi connectivity index (χ3v) is 2.26. The van der Waals surface area contributed by atoms with Crippen LogP contribution in [0.1, 0.15) is 20.3 Å². The fourth-order valence-corrected chi connectivity index (χ4v) is 1.43. The van der Waals surface area contributed by atoms with Crippen LogP contribution in [0.3, 0.4) is 0 Å². The summed E-state index contributed by atoms with van der Waals surface area (Å²) in [6.07, 6.45) is 0.769. The Balaban J connectivity index is 3.72. The number of hydrogen-bond donors (Lipinski definition) is 1. The fourth-order valence-electron chi connectivity index (χ4n) is 1.43. The van der Waals surface area contributed by atoms with Gasteiger partial charge in [0, 0.05) is 13.7 Å². The number of rotatable bonds is 10. The van der Waals surface area contributed by atoms with Crippen molar-refractivity contribution in [1.82, 2.24) is 5.32 Å². The summed E-state index contributed by atoms with van der Waals surface area (Å²) < 4.78 is 14.9. The minimum atomic E-state index is -0.244. The van der Waals surface area contributed by atoms with E-state index in [4.69, 9.17) is 14.2 Å². The molecule has 0 aromatic rings. The van der Waals surface area contributed by atoms with Crippen LogP contribution in [-0.4, -0.2) is 52.6 Å². The van der Waals surface area contributed by atoms with Crippen molar-refractivity contribution in [1.29, 1.82) is 0 Å². The Hall–Kier alpha value is -0.650. The second-order valence-corrected chi connectivity index (χ2v) is 4.26. The molecule has 0 aromatic heterocycles. The van der Waals surface area contributed by atoms with Gasteiger partial charge in [-0.3, -0.25) is 4.79 Å². The molecule has 5 heteroatoms. The van der Waals surface area contributed by atoms with E-state index in [9.17, 15) is 4.79 Å². The Kier molecular flexibility index (Phi) is 10.1. The predicted molar refractivity (Wildman–Crippen MR) is 66.0 cm³/mol. The molecule has 0 radical (unpaired) electrons. The minimum Gasteiger partial charge on any atom is -0.468 e. The number of esters is 1. The van der Waals surface area contributed by atoms with Crippen molar-refractivity contribution in [2.45, 2.75) is 26.3 Å². The molecule has 0 saturated heterocycles. The molecule has 0 saturated carbocycles. The molecule has 0 aliphatic carbocycles. The van der Waals surface area contributed by atoms with E-state index in [1.165, 1.54) is 7.11 Å². The molecule has 102 valence electrons. The summed E-state index contributed by atoms with van der Waals surface area (Å²) in [4.78, 5) is 11.5. The van der Waals surface area contributed by atoms with Crippen molar-refractivity contribution in [3.63, 3.8) is 0 Å². The lowest BCUT2D eigenvalue weighted by Crippen LogP contribution is -2.40. The molecule has 0 aliphatic rings. The molecule has 5 nitrogen and oxygen atoms in total. The van der Waals surface area contributed by atoms with Gasteiger partial charge in [-0.1, -0.05) is 13.8 Å². The molecule has 0 spiro atoms. The fraction of sp³-hybridized carbons (Fsp3) is 0.917. The summed E-state index contributed by atoms with van der Waals surface area (Å²) >= 11 is 0. The number of ether oxygens (including phenoxy) is 3. The van der Waals surface area contributed by atoms with Crippen LogP contribution in [0.5, 0.6) is 0 Å². The summed E-state index contributed by atoms with van der Waals surface area (Å²) in [6.45, 7) is 6.52. The number of methoxy groups -OCH3 is 2. The van der Waals surface area contributed by atoms with Gasteiger partial charge in [0.05, 0.1) is 26.9 Å². The summed E-state index contributed by atoms with van der Waals surface area (Å²) in [5.74, 6) is 0.233. The molecule has 0 rings (SSSR count). The smallest absolute Gasteiger partial charge is 0.322 e. The lowest BCUT2D eigenvalue weighted by molar-refractivity contribution is -0.143. The van der Waals surface area contributed by atoms with E-state index < -0.39 is 0 Å². The second-order valence-electron chi connectivity index (χ2n) is 4.26. The van der Waals surface area contributed by atoms with Crippen LogP contribution in [0, 0.1) is 5.92 Å². The molecule has 17 heavy (non-hydrogen) atoms. The monoisotopic (exact) mass is 247 g/mol. The van der Waals surface area contributed by atoms with Crippen molar-refractivity contribution < 1.29 is 19.0 Å². The maximum absolute atomic E-state index is 11.5. The number of carbonyl (C=O) groups excluding carboxylic acids is 1. The summed E-state index contributed by atoms with van der Waals surface area (Å²) in [5, 5.41) is 3.14. The van der Waals surface area contributed by atoms with E-state index in [-0.39, 0.29) is 12.0 Å². The van der Waals surface area contributed by atoms with E-state index in [0.717, 1.165) is 6.42 Å². The van der Waals surface area contributed by atoms with Gasteiger partial charge >= 0.3 is 5.97 Å². The molecule has 0 fully saturated rings. The SMILES string of the molecule is COCCOCCNC(CC(C)C)C(=O)OC. The van der Waals surface area contributed by atoms with Crippen LogP contribution in [0.25, 0.3) is 0 Å². The first-order valence-corrected chi connectivity index (χ1v) is 5.99. The van der Waals surface area contributed by atoms with Gasteiger partial charge in [-0.2, -0.15) is 0 Å². The highest BCUT2D eigenvalue weighted by Crippen LogP contribution is 2.05. The molecule has 1 unspecified atom stereocenters. The lowest BCUT2D eigenvalue weighted by atomic mass is 10.0. The number of hydrogen-bond acceptors (Lipinski definition) is 5. The van der Waals surface area contributed by atoms with Crippen LogP contribution in [0.15, 0.2) is 0 Å². The van der Waals surface area contributed by atoms with Crippen molar-refractivity contribution in [2.24, 2.45) is 5.92 Å². The first kappa shape index (κ1) is 16.4. The maximum Gasteiger partial charge on any atom is 0.322 e. The van der Waals surface area contributed by atoms with Crippen LogP contribution in [-0.2, 0) is 19.0 Å². The third-order valence-electron chi connectivity index (χ3n) is 2.26. The van der Waals surface area contributed by atoms with Crippen LogP contribution in [0.4, 0.5) is 0 Å². The van der Waals surface area contributed by atoms with Gasteiger partial charge < -0.3 is 19.5 Å². The summed E-state index contributed by atoms with van der Waals surface area (Å²) in [5.41, 5.74) is 0. The van der Waals surface area contributed by atoms with Gasteiger partial charge in [0.25, 0.3) is 0 Å². The highest BCUT2D eigenvalue weighted by atomic mass is 16.5. The Labute approximate surface area is 104 Å². The van der Waals surface area contributed by atoms with Crippen LogP contribution < -0.4 is 5.32 Å². The van der Waals surface area contributed by atoms with Gasteiger partial charge in [-0.15, -0.1) is 0 Å². The molecular formula is C12H25NO4. The van der Waals surface area contributed by atoms with Gasteiger partial charge in [0.1, 0.15) is 6.04 Å². The van der Waals surface area contributed by atoms with E-state index >= 15 is 0 Å². The van der Waals surface area contributed by atoms with Gasteiger partial charge in [0.15, 0.2) is 0 Å². The highest BCUT2D eigenvalue weighted by molar-refractivity contribution is 5.75. The predicted octanol–water partition coefficient (Wildman–Crippen LogP) is 0.827. The average molecular weight is 247 g/mol. The minimum absolute atomic E-state index is 0.212. The maximum atomic E-state index is 11.5. The summed E-state index contributed by atoms with van der Waals surface area (Å²) in [6, 6.07) is -0.244. The lowest BCUT2D eigenvalue weighted by Gasteiger charge is -2.18. The molecular weight excluding hydrogens is 222 g/mol. The van der Waals surface area contributed by atoms with E-state index in [0.29, 0.717) is 32.3 Å². The highest BCUT2D eigenvalue weighted by Gasteiger charge is 2.19. The molecule has 1 N–H and O–H groups in total. The summed E-state index contributed by atoms with van der Waals surface area (Å²) in [7, 11) is 3.05. The quantitative estimate of drug-likeness (QED) is 0.458. The Morgan fingerprint density at radius 2 is 1.88 bits per heavy atom. The van der Waals surface area contributed by atoms with Gasteiger partial charge in [-0.25, -0.2) is 0 Å². The van der Waals surface area contributed by atoms with E-state index in [2.05, 4.69) is 19.2 Å². The first-order valence-electron chi connectivity index (χ1n) is 5.99. The molecule has 0 aromatic carbocycles. The Morgan fingerprint density at radius 3 is 2.41 bits per heavy atom. The van der Waals surface area contributed by atoms with Crippen molar-refractivity contribution in [3.05, 3.63) is 0 Å². The third kappa shape index (κ3) is 9.09. The van der Waals surface area contributed by atoms with Gasteiger partial charge in [-0.05, 0) is 12.3 Å². The zero-order valence-electron chi connectivity index (χ0n) is 11.3. The zero-order chi connectivity index (χ0) is 13.1. The first-order chi connectivity index (χ1) is 8.11.